The average Bonchev–Trinajstić information content (AvgIpc) is 2.97. The maximum Gasteiger partial charge on any atom is 0.426 e. The molecule has 0 spiro atoms. The smallest absolute Gasteiger partial charge is 0.426 e. The molecule has 0 aliphatic heterocycles. The summed E-state index contributed by atoms with van der Waals surface area (Å²) in [4.78, 5) is 12.1. The Balaban J connectivity index is 1.99. The minimum atomic E-state index is -4.58. The topological polar surface area (TPSA) is 26.3 Å². The largest absolute Gasteiger partial charge is 0.461 e. The van der Waals surface area contributed by atoms with E-state index in [1.165, 1.54) is 0 Å². The number of halogens is 4. The Bertz CT molecular complexity index is 579. The van der Waals surface area contributed by atoms with E-state index in [4.69, 9.17) is 16.3 Å². The van der Waals surface area contributed by atoms with Gasteiger partial charge in [-0.1, -0.05) is 61.9 Å². The number of benzene rings is 1. The van der Waals surface area contributed by atoms with Crippen LogP contribution in [0.1, 0.15) is 19.4 Å². The molecule has 6 heteroatoms. The van der Waals surface area contributed by atoms with Crippen LogP contribution in [0.3, 0.4) is 0 Å². The van der Waals surface area contributed by atoms with Gasteiger partial charge in [-0.25, -0.2) is 0 Å². The van der Waals surface area contributed by atoms with Gasteiger partial charge in [-0.2, -0.15) is 13.2 Å². The van der Waals surface area contributed by atoms with Crippen LogP contribution in [0.5, 0.6) is 0 Å². The first-order chi connectivity index (χ1) is 10.1. The molecular formula is C16H16ClF3O2. The average molecular weight is 333 g/mol. The van der Waals surface area contributed by atoms with Gasteiger partial charge in [0.05, 0.1) is 5.92 Å². The monoisotopic (exact) mass is 332 g/mol. The number of rotatable bonds is 4. The summed E-state index contributed by atoms with van der Waals surface area (Å²) in [6.07, 6.45) is -3.67. The van der Waals surface area contributed by atoms with Crippen molar-refractivity contribution in [1.82, 2.24) is 0 Å². The predicted molar refractivity (Wildman–Crippen MR) is 77.0 cm³/mol. The van der Waals surface area contributed by atoms with Crippen LogP contribution >= 0.6 is 11.6 Å². The summed E-state index contributed by atoms with van der Waals surface area (Å²) in [5.74, 6) is -1.67. The number of carbonyl (C=O) groups is 1. The van der Waals surface area contributed by atoms with Crippen molar-refractivity contribution in [3.8, 4) is 0 Å². The normalized spacial score (nSPS) is 24.0. The van der Waals surface area contributed by atoms with Crippen LogP contribution in [0.2, 0.25) is 0 Å². The Labute approximate surface area is 131 Å². The third-order valence-corrected chi connectivity index (χ3v) is 4.33. The predicted octanol–water partition coefficient (Wildman–Crippen LogP) is 4.69. The van der Waals surface area contributed by atoms with Crippen LogP contribution < -0.4 is 0 Å². The molecule has 0 bridgehead atoms. The van der Waals surface area contributed by atoms with Gasteiger partial charge in [0.25, 0.3) is 0 Å². The molecule has 120 valence electrons. The molecule has 2 atom stereocenters. The van der Waals surface area contributed by atoms with E-state index >= 15 is 0 Å². The molecule has 0 aromatic heterocycles. The SMILES string of the molecule is CC1(C)C(/C=C(\Cl)C(F)(F)F)C1C(=O)OCc1ccccc1. The lowest BCUT2D eigenvalue weighted by atomic mass is 10.1. The maximum atomic E-state index is 12.5. The van der Waals surface area contributed by atoms with Gasteiger partial charge in [0.2, 0.25) is 0 Å². The van der Waals surface area contributed by atoms with Gasteiger partial charge >= 0.3 is 12.1 Å². The highest BCUT2D eigenvalue weighted by atomic mass is 35.5. The Morgan fingerprint density at radius 1 is 1.32 bits per heavy atom. The van der Waals surface area contributed by atoms with Crippen molar-refractivity contribution in [1.29, 1.82) is 0 Å². The summed E-state index contributed by atoms with van der Waals surface area (Å²) in [5, 5.41) is -1.19. The Kier molecular flexibility index (Phi) is 4.57. The molecule has 0 saturated heterocycles. The fourth-order valence-electron chi connectivity index (χ4n) is 2.51. The number of esters is 1. The zero-order valence-corrected chi connectivity index (χ0v) is 12.9. The van der Waals surface area contributed by atoms with Crippen LogP contribution in [-0.2, 0) is 16.1 Å². The number of alkyl halides is 3. The number of carbonyl (C=O) groups excluding carboxylic acids is 1. The molecular weight excluding hydrogens is 317 g/mol. The number of hydrogen-bond donors (Lipinski definition) is 0. The first kappa shape index (κ1) is 16.9. The van der Waals surface area contributed by atoms with Crippen LogP contribution in [0, 0.1) is 17.3 Å². The van der Waals surface area contributed by atoms with Gasteiger partial charge in [-0.15, -0.1) is 0 Å². The Morgan fingerprint density at radius 2 is 1.91 bits per heavy atom. The molecule has 22 heavy (non-hydrogen) atoms. The van der Waals surface area contributed by atoms with Crippen molar-refractivity contribution in [3.63, 3.8) is 0 Å². The summed E-state index contributed by atoms with van der Waals surface area (Å²) in [6, 6.07) is 9.10. The second-order valence-corrected chi connectivity index (χ2v) is 6.34. The van der Waals surface area contributed by atoms with E-state index in [-0.39, 0.29) is 6.61 Å². The lowest BCUT2D eigenvalue weighted by Crippen LogP contribution is -2.11. The molecule has 1 fully saturated rings. The van der Waals surface area contributed by atoms with Crippen molar-refractivity contribution < 1.29 is 22.7 Å². The fraction of sp³-hybridized carbons (Fsp3) is 0.438. The summed E-state index contributed by atoms with van der Waals surface area (Å²) in [5.41, 5.74) is 0.244. The first-order valence-electron chi connectivity index (χ1n) is 6.79. The summed E-state index contributed by atoms with van der Waals surface area (Å²) in [6.45, 7) is 3.56. The van der Waals surface area contributed by atoms with Crippen LogP contribution in [0.4, 0.5) is 13.2 Å². The van der Waals surface area contributed by atoms with E-state index < -0.39 is 34.4 Å². The zero-order chi connectivity index (χ0) is 16.5. The van der Waals surface area contributed by atoms with E-state index in [1.807, 2.05) is 30.3 Å². The Hall–Kier alpha value is -1.49. The van der Waals surface area contributed by atoms with Crippen LogP contribution in [-0.4, -0.2) is 12.1 Å². The third kappa shape index (κ3) is 3.64. The lowest BCUT2D eigenvalue weighted by Gasteiger charge is -2.05. The molecule has 1 aromatic carbocycles. The lowest BCUT2D eigenvalue weighted by molar-refractivity contribution is -0.147. The number of hydrogen-bond acceptors (Lipinski definition) is 2. The van der Waals surface area contributed by atoms with Crippen molar-refractivity contribution >= 4 is 17.6 Å². The molecule has 0 N–H and O–H groups in total. The van der Waals surface area contributed by atoms with E-state index in [9.17, 15) is 18.0 Å². The van der Waals surface area contributed by atoms with Crippen LogP contribution in [0.25, 0.3) is 0 Å². The van der Waals surface area contributed by atoms with Crippen LogP contribution in [0.15, 0.2) is 41.4 Å². The minimum Gasteiger partial charge on any atom is -0.461 e. The second kappa shape index (κ2) is 5.95. The highest BCUT2D eigenvalue weighted by Gasteiger charge is 2.62. The highest BCUT2D eigenvalue weighted by molar-refractivity contribution is 6.30. The molecule has 2 unspecified atom stereocenters. The van der Waals surface area contributed by atoms with Crippen molar-refractivity contribution in [3.05, 3.63) is 47.0 Å². The minimum absolute atomic E-state index is 0.107. The highest BCUT2D eigenvalue weighted by Crippen LogP contribution is 2.60. The molecule has 1 aliphatic rings. The standard InChI is InChI=1S/C16H16ClF3O2/c1-15(2)11(8-12(17)16(18,19)20)13(15)14(21)22-9-10-6-4-3-5-7-10/h3-8,11,13H,9H2,1-2H3/b12-8-. The molecule has 0 radical (unpaired) electrons. The third-order valence-electron chi connectivity index (χ3n) is 3.99. The molecule has 1 aliphatic carbocycles. The van der Waals surface area contributed by atoms with Crippen molar-refractivity contribution in [2.75, 3.05) is 0 Å². The van der Waals surface area contributed by atoms with E-state index in [1.54, 1.807) is 13.8 Å². The first-order valence-corrected chi connectivity index (χ1v) is 7.17. The van der Waals surface area contributed by atoms with Gasteiger partial charge in [0, 0.05) is 0 Å². The van der Waals surface area contributed by atoms with E-state index in [0.29, 0.717) is 0 Å². The molecule has 2 rings (SSSR count). The molecule has 1 aromatic rings. The van der Waals surface area contributed by atoms with E-state index in [0.717, 1.165) is 11.6 Å². The van der Waals surface area contributed by atoms with Gasteiger partial charge in [-0.05, 0) is 16.9 Å². The molecule has 0 amide bonds. The van der Waals surface area contributed by atoms with Gasteiger partial charge in [0.15, 0.2) is 0 Å². The van der Waals surface area contributed by atoms with Crippen molar-refractivity contribution in [2.45, 2.75) is 26.6 Å². The Morgan fingerprint density at radius 3 is 2.45 bits per heavy atom. The quantitative estimate of drug-likeness (QED) is 0.748. The number of ether oxygens (including phenoxy) is 1. The molecule has 1 saturated carbocycles. The van der Waals surface area contributed by atoms with E-state index in [2.05, 4.69) is 0 Å². The summed E-state index contributed by atoms with van der Waals surface area (Å²) < 4.78 is 42.6. The summed E-state index contributed by atoms with van der Waals surface area (Å²) >= 11 is 5.25. The summed E-state index contributed by atoms with van der Waals surface area (Å²) in [7, 11) is 0. The van der Waals surface area contributed by atoms with Gasteiger partial charge in [0.1, 0.15) is 11.6 Å². The number of allylic oxidation sites excluding steroid dienone is 2. The molecule has 0 heterocycles. The molecule has 2 nitrogen and oxygen atoms in total. The fourth-order valence-corrected chi connectivity index (χ4v) is 2.65. The van der Waals surface area contributed by atoms with Gasteiger partial charge < -0.3 is 4.74 Å². The second-order valence-electron chi connectivity index (χ2n) is 5.93. The zero-order valence-electron chi connectivity index (χ0n) is 12.2. The van der Waals surface area contributed by atoms with Crippen molar-refractivity contribution in [2.24, 2.45) is 17.3 Å². The maximum absolute atomic E-state index is 12.5. The van der Waals surface area contributed by atoms with Gasteiger partial charge in [-0.3, -0.25) is 4.79 Å².